The number of carbonyl (C=O) groups is 1. The molecule has 18 heavy (non-hydrogen) atoms. The molecule has 0 aromatic carbocycles. The lowest BCUT2D eigenvalue weighted by molar-refractivity contribution is -0.829. The van der Waals surface area contributed by atoms with Gasteiger partial charge in [0.1, 0.15) is 12.6 Å². The normalized spacial score (nSPS) is 41.8. The van der Waals surface area contributed by atoms with Gasteiger partial charge in [0.15, 0.2) is 0 Å². The molecule has 0 bridgehead atoms. The van der Waals surface area contributed by atoms with Crippen LogP contribution in [0.25, 0.3) is 0 Å². The third kappa shape index (κ3) is 1.67. The Kier molecular flexibility index (Phi) is 2.88. The average Bonchev–Trinajstić information content (AvgIpc) is 2.60. The molecule has 0 saturated carbocycles. The summed E-state index contributed by atoms with van der Waals surface area (Å²) >= 11 is 0. The monoisotopic (exact) mass is 248 g/mol. The minimum absolute atomic E-state index is 0.123. The zero-order chi connectivity index (χ0) is 12.8. The van der Waals surface area contributed by atoms with Gasteiger partial charge in [-0.15, -0.1) is 0 Å². The minimum Gasteiger partial charge on any atom is -0.625 e. The zero-order valence-corrected chi connectivity index (χ0v) is 10.8. The molecule has 0 spiro atoms. The Morgan fingerprint density at radius 2 is 2.39 bits per heavy atom. The largest absolute Gasteiger partial charge is 0.625 e. The Labute approximate surface area is 108 Å². The molecule has 0 radical (unpaired) electrons. The van der Waals surface area contributed by atoms with Gasteiger partial charge in [0.25, 0.3) is 0 Å². The molecule has 4 heteroatoms. The van der Waals surface area contributed by atoms with Crippen molar-refractivity contribution in [1.29, 1.82) is 0 Å². The van der Waals surface area contributed by atoms with E-state index in [0.29, 0.717) is 13.0 Å². The zero-order valence-electron chi connectivity index (χ0n) is 10.8. The fraction of sp³-hybridized carbons (Fsp3) is 0.643. The lowest BCUT2D eigenvalue weighted by Gasteiger charge is -2.50. The smallest absolute Gasteiger partial charge is 0.318 e. The topological polar surface area (TPSA) is 52.2 Å². The van der Waals surface area contributed by atoms with Gasteiger partial charge in [0.2, 0.25) is 0 Å². The quantitative estimate of drug-likeness (QED) is 0.608. The Balaban J connectivity index is 1.86. The lowest BCUT2D eigenvalue weighted by atomic mass is 9.81. The molecular formula is C14H20N2O2. The van der Waals surface area contributed by atoms with E-state index in [0.717, 1.165) is 25.0 Å². The second kappa shape index (κ2) is 4.30. The van der Waals surface area contributed by atoms with Crippen molar-refractivity contribution < 1.29 is 9.44 Å². The number of hydrogen-bond acceptors (Lipinski definition) is 3. The highest BCUT2D eigenvalue weighted by Crippen LogP contribution is 2.44. The molecule has 1 N–H and O–H groups in total. The summed E-state index contributed by atoms with van der Waals surface area (Å²) in [6.07, 6.45) is 8.48. The predicted octanol–water partition coefficient (Wildman–Crippen LogP) is 1.48. The first kappa shape index (κ1) is 12.1. The van der Waals surface area contributed by atoms with Crippen molar-refractivity contribution in [3.8, 4) is 0 Å². The highest BCUT2D eigenvalue weighted by atomic mass is 16.6. The summed E-state index contributed by atoms with van der Waals surface area (Å²) in [7, 11) is 0. The Hall–Kier alpha value is -0.970. The van der Waals surface area contributed by atoms with Crippen molar-refractivity contribution in [2.45, 2.75) is 38.3 Å². The van der Waals surface area contributed by atoms with E-state index in [1.165, 1.54) is 0 Å². The Morgan fingerprint density at radius 3 is 3.17 bits per heavy atom. The molecule has 0 aromatic heterocycles. The molecule has 1 aliphatic carbocycles. The van der Waals surface area contributed by atoms with Crippen LogP contribution < -0.4 is 5.32 Å². The van der Waals surface area contributed by atoms with Crippen molar-refractivity contribution in [1.82, 2.24) is 5.32 Å². The van der Waals surface area contributed by atoms with Crippen LogP contribution >= 0.6 is 0 Å². The molecule has 1 amide bonds. The maximum absolute atomic E-state index is 12.9. The standard InChI is InChI=1S/C14H20N2O2/c1-2-6-15-12-7-10-4-3-5-11-8-13(17)16(18,9-12)14(10)11/h3-5,10,12,14-15H,2,6-9H2,1H3. The van der Waals surface area contributed by atoms with Crippen molar-refractivity contribution in [3.05, 3.63) is 29.0 Å². The maximum atomic E-state index is 12.9. The maximum Gasteiger partial charge on any atom is 0.318 e. The molecule has 4 atom stereocenters. The number of nitrogens with zero attached hydrogens (tertiary/aromatic N) is 1. The number of allylic oxidation sites excluding steroid dienone is 2. The number of nitrogens with one attached hydrogen (secondary N) is 1. The second-order valence-electron chi connectivity index (χ2n) is 5.67. The van der Waals surface area contributed by atoms with Gasteiger partial charge >= 0.3 is 5.91 Å². The van der Waals surface area contributed by atoms with Gasteiger partial charge in [-0.25, -0.2) is 4.79 Å². The van der Waals surface area contributed by atoms with Crippen LogP contribution in [0, 0.1) is 11.1 Å². The third-order valence-electron chi connectivity index (χ3n) is 4.41. The van der Waals surface area contributed by atoms with Crippen LogP contribution in [0.15, 0.2) is 23.8 Å². The molecule has 4 nitrogen and oxygen atoms in total. The summed E-state index contributed by atoms with van der Waals surface area (Å²) < 4.78 is -0.623. The van der Waals surface area contributed by atoms with Crippen LogP contribution in [0.2, 0.25) is 0 Å². The van der Waals surface area contributed by atoms with Crippen LogP contribution in [0.1, 0.15) is 26.2 Å². The van der Waals surface area contributed by atoms with Crippen molar-refractivity contribution in [2.24, 2.45) is 5.92 Å². The molecule has 2 fully saturated rings. The fourth-order valence-corrected chi connectivity index (χ4v) is 3.65. The van der Waals surface area contributed by atoms with Gasteiger partial charge in [-0.05, 0) is 19.4 Å². The number of amides is 1. The Bertz CT molecular complexity index is 430. The van der Waals surface area contributed by atoms with Crippen molar-refractivity contribution in [2.75, 3.05) is 13.1 Å². The number of hydrogen-bond donors (Lipinski definition) is 1. The van der Waals surface area contributed by atoms with Crippen molar-refractivity contribution >= 4 is 5.91 Å². The lowest BCUT2D eigenvalue weighted by Crippen LogP contribution is -2.63. The molecule has 4 unspecified atom stereocenters. The number of quaternary nitrogens is 1. The number of rotatable bonds is 3. The summed E-state index contributed by atoms with van der Waals surface area (Å²) in [5.41, 5.74) is 1.05. The molecule has 2 saturated heterocycles. The van der Waals surface area contributed by atoms with Gasteiger partial charge in [-0.3, -0.25) is 4.65 Å². The summed E-state index contributed by atoms with van der Waals surface area (Å²) in [6.45, 7) is 3.44. The molecule has 3 aliphatic rings. The van der Waals surface area contributed by atoms with Gasteiger partial charge in [0, 0.05) is 11.5 Å². The van der Waals surface area contributed by atoms with Gasteiger partial charge < -0.3 is 10.5 Å². The summed E-state index contributed by atoms with van der Waals surface area (Å²) in [6, 6.07) is 0.0527. The number of carbonyl (C=O) groups excluding carboxylic acids is 1. The van der Waals surface area contributed by atoms with E-state index in [9.17, 15) is 10.0 Å². The van der Waals surface area contributed by atoms with Crippen LogP contribution in [-0.2, 0) is 4.79 Å². The average molecular weight is 248 g/mol. The highest BCUT2D eigenvalue weighted by molar-refractivity contribution is 5.77. The molecular weight excluding hydrogens is 228 g/mol. The van der Waals surface area contributed by atoms with Crippen LogP contribution in [0.3, 0.4) is 0 Å². The van der Waals surface area contributed by atoms with Crippen LogP contribution in [-0.4, -0.2) is 35.7 Å². The molecule has 98 valence electrons. The fourth-order valence-electron chi connectivity index (χ4n) is 3.65. The van der Waals surface area contributed by atoms with Crippen molar-refractivity contribution in [3.63, 3.8) is 0 Å². The summed E-state index contributed by atoms with van der Waals surface area (Å²) in [4.78, 5) is 12.1. The second-order valence-corrected chi connectivity index (χ2v) is 5.67. The first-order chi connectivity index (χ1) is 8.65. The summed E-state index contributed by atoms with van der Waals surface area (Å²) in [5, 5.41) is 16.3. The first-order valence-electron chi connectivity index (χ1n) is 6.88. The predicted molar refractivity (Wildman–Crippen MR) is 69.3 cm³/mol. The van der Waals surface area contributed by atoms with Crippen LogP contribution in [0.4, 0.5) is 0 Å². The van der Waals surface area contributed by atoms with E-state index in [1.807, 2.05) is 12.2 Å². The van der Waals surface area contributed by atoms with Crippen LogP contribution in [0.5, 0.6) is 0 Å². The van der Waals surface area contributed by atoms with Gasteiger partial charge in [-0.2, -0.15) is 0 Å². The van der Waals surface area contributed by atoms with E-state index in [4.69, 9.17) is 0 Å². The molecule has 3 rings (SSSR count). The van der Waals surface area contributed by atoms with E-state index in [-0.39, 0.29) is 23.9 Å². The van der Waals surface area contributed by atoms with E-state index < -0.39 is 4.65 Å². The minimum atomic E-state index is -0.623. The molecule has 0 aromatic rings. The van der Waals surface area contributed by atoms with E-state index >= 15 is 0 Å². The molecule has 2 aliphatic heterocycles. The third-order valence-corrected chi connectivity index (χ3v) is 4.41. The number of piperidine rings is 1. The Morgan fingerprint density at radius 1 is 1.56 bits per heavy atom. The van der Waals surface area contributed by atoms with Gasteiger partial charge in [-0.1, -0.05) is 25.2 Å². The molecule has 2 heterocycles. The van der Waals surface area contributed by atoms with E-state index in [2.05, 4.69) is 18.3 Å². The number of hydroxylamine groups is 3. The SMILES string of the molecule is CCCNC1CC2C=CC=C3CC(=O)[N+]([O-])(C1)C32. The summed E-state index contributed by atoms with van der Waals surface area (Å²) in [5.74, 6) is 0.0833. The van der Waals surface area contributed by atoms with E-state index in [1.54, 1.807) is 0 Å². The highest BCUT2D eigenvalue weighted by Gasteiger charge is 2.54. The first-order valence-corrected chi connectivity index (χ1v) is 6.88. The van der Waals surface area contributed by atoms with Gasteiger partial charge in [0.05, 0.1) is 12.5 Å².